The van der Waals surface area contributed by atoms with E-state index in [4.69, 9.17) is 21.8 Å². The van der Waals surface area contributed by atoms with Crippen LogP contribution in [-0.4, -0.2) is 34.9 Å². The number of aliphatic hydroxyl groups excluding tert-OH is 1. The maximum absolute atomic E-state index is 11.3. The Bertz CT molecular complexity index is 439. The van der Waals surface area contributed by atoms with Gasteiger partial charge in [-0.2, -0.15) is 0 Å². The van der Waals surface area contributed by atoms with Crippen LogP contribution in [0.1, 0.15) is 5.56 Å². The van der Waals surface area contributed by atoms with E-state index in [9.17, 15) is 9.59 Å². The molecular formula is C11H13ClN2O4. The van der Waals surface area contributed by atoms with Crippen molar-refractivity contribution in [1.82, 2.24) is 10.6 Å². The molecule has 98 valence electrons. The van der Waals surface area contributed by atoms with Crippen LogP contribution in [0.3, 0.4) is 0 Å². The van der Waals surface area contributed by atoms with Crippen molar-refractivity contribution in [3.05, 3.63) is 34.9 Å². The van der Waals surface area contributed by atoms with Gasteiger partial charge in [0.05, 0.1) is 6.61 Å². The molecule has 0 radical (unpaired) electrons. The number of carbonyl (C=O) groups is 2. The number of benzene rings is 1. The highest BCUT2D eigenvalue weighted by molar-refractivity contribution is 6.30. The van der Waals surface area contributed by atoms with E-state index in [1.54, 1.807) is 24.3 Å². The van der Waals surface area contributed by atoms with Crippen LogP contribution in [0, 0.1) is 0 Å². The first-order valence-corrected chi connectivity index (χ1v) is 5.53. The number of carboxylic acid groups (broad SMARTS) is 1. The monoisotopic (exact) mass is 272 g/mol. The summed E-state index contributed by atoms with van der Waals surface area (Å²) in [6, 6.07) is 4.92. The molecule has 18 heavy (non-hydrogen) atoms. The Morgan fingerprint density at radius 1 is 1.39 bits per heavy atom. The van der Waals surface area contributed by atoms with Crippen LogP contribution < -0.4 is 10.6 Å². The lowest BCUT2D eigenvalue weighted by Crippen LogP contribution is -2.47. The molecule has 0 saturated heterocycles. The van der Waals surface area contributed by atoms with Gasteiger partial charge >= 0.3 is 12.0 Å². The number of halogens is 1. The highest BCUT2D eigenvalue weighted by atomic mass is 35.5. The fourth-order valence-electron chi connectivity index (χ4n) is 1.22. The van der Waals surface area contributed by atoms with Gasteiger partial charge < -0.3 is 20.8 Å². The smallest absolute Gasteiger partial charge is 0.328 e. The topological polar surface area (TPSA) is 98.7 Å². The SMILES string of the molecule is O=C(NCc1cccc(Cl)c1)N[C@H](CO)C(=O)O. The average Bonchev–Trinajstić information content (AvgIpc) is 2.33. The zero-order valence-electron chi connectivity index (χ0n) is 9.39. The normalized spacial score (nSPS) is 11.7. The third-order valence-corrected chi connectivity index (χ3v) is 2.36. The van der Waals surface area contributed by atoms with E-state index in [-0.39, 0.29) is 6.54 Å². The number of aliphatic hydroxyl groups is 1. The lowest BCUT2D eigenvalue weighted by atomic mass is 10.2. The first-order valence-electron chi connectivity index (χ1n) is 5.15. The number of hydrogen-bond donors (Lipinski definition) is 4. The van der Waals surface area contributed by atoms with Crippen molar-refractivity contribution in [3.8, 4) is 0 Å². The molecule has 7 heteroatoms. The molecule has 1 rings (SSSR count). The highest BCUT2D eigenvalue weighted by Gasteiger charge is 2.18. The highest BCUT2D eigenvalue weighted by Crippen LogP contribution is 2.10. The molecule has 0 saturated carbocycles. The molecule has 0 aromatic heterocycles. The molecule has 0 unspecified atom stereocenters. The predicted molar refractivity (Wildman–Crippen MR) is 65.3 cm³/mol. The quantitative estimate of drug-likeness (QED) is 0.630. The van der Waals surface area contributed by atoms with Crippen molar-refractivity contribution >= 4 is 23.6 Å². The van der Waals surface area contributed by atoms with E-state index in [1.165, 1.54) is 0 Å². The first kappa shape index (κ1) is 14.3. The van der Waals surface area contributed by atoms with Crippen LogP contribution in [0.4, 0.5) is 4.79 Å². The molecule has 2 amide bonds. The molecule has 4 N–H and O–H groups in total. The Morgan fingerprint density at radius 3 is 2.67 bits per heavy atom. The molecular weight excluding hydrogens is 260 g/mol. The molecule has 0 bridgehead atoms. The van der Waals surface area contributed by atoms with Crippen LogP contribution in [0.15, 0.2) is 24.3 Å². The zero-order chi connectivity index (χ0) is 13.5. The van der Waals surface area contributed by atoms with Crippen molar-refractivity contribution in [2.24, 2.45) is 0 Å². The van der Waals surface area contributed by atoms with Gasteiger partial charge in [-0.25, -0.2) is 9.59 Å². The van der Waals surface area contributed by atoms with Crippen molar-refractivity contribution in [3.63, 3.8) is 0 Å². The summed E-state index contributed by atoms with van der Waals surface area (Å²) in [7, 11) is 0. The van der Waals surface area contributed by atoms with Crippen molar-refractivity contribution in [2.45, 2.75) is 12.6 Å². The van der Waals surface area contributed by atoms with Gasteiger partial charge in [0.1, 0.15) is 0 Å². The fourth-order valence-corrected chi connectivity index (χ4v) is 1.44. The van der Waals surface area contributed by atoms with Crippen molar-refractivity contribution in [2.75, 3.05) is 6.61 Å². The molecule has 1 aromatic rings. The van der Waals surface area contributed by atoms with Gasteiger partial charge in [0.15, 0.2) is 6.04 Å². The minimum atomic E-state index is -1.32. The van der Waals surface area contributed by atoms with Gasteiger partial charge in [-0.1, -0.05) is 23.7 Å². The molecule has 0 fully saturated rings. The summed E-state index contributed by atoms with van der Waals surface area (Å²) in [4.78, 5) is 21.9. The summed E-state index contributed by atoms with van der Waals surface area (Å²) in [5.74, 6) is -1.30. The Kier molecular flexibility index (Phi) is 5.41. The van der Waals surface area contributed by atoms with Gasteiger partial charge in [-0.3, -0.25) is 0 Å². The number of nitrogens with one attached hydrogen (secondary N) is 2. The molecule has 0 aliphatic rings. The average molecular weight is 273 g/mol. The van der Waals surface area contributed by atoms with Gasteiger partial charge in [0, 0.05) is 11.6 Å². The van der Waals surface area contributed by atoms with E-state index in [2.05, 4.69) is 10.6 Å². The second kappa shape index (κ2) is 6.83. The van der Waals surface area contributed by atoms with E-state index in [0.29, 0.717) is 5.02 Å². The summed E-state index contributed by atoms with van der Waals surface area (Å²) in [5, 5.41) is 22.5. The Balaban J connectivity index is 2.44. The van der Waals surface area contributed by atoms with Gasteiger partial charge in [0.2, 0.25) is 0 Å². The van der Waals surface area contributed by atoms with Gasteiger partial charge in [0.25, 0.3) is 0 Å². The van der Waals surface area contributed by atoms with Crippen LogP contribution in [0.2, 0.25) is 5.02 Å². The summed E-state index contributed by atoms with van der Waals surface area (Å²) < 4.78 is 0. The third kappa shape index (κ3) is 4.60. The lowest BCUT2D eigenvalue weighted by Gasteiger charge is -2.12. The van der Waals surface area contributed by atoms with Crippen LogP contribution in [0.25, 0.3) is 0 Å². The molecule has 6 nitrogen and oxygen atoms in total. The number of amides is 2. The number of rotatable bonds is 5. The fraction of sp³-hybridized carbons (Fsp3) is 0.273. The number of carboxylic acids is 1. The number of urea groups is 1. The number of aliphatic carboxylic acids is 1. The van der Waals surface area contributed by atoms with E-state index >= 15 is 0 Å². The van der Waals surface area contributed by atoms with E-state index in [1.807, 2.05) is 0 Å². The third-order valence-electron chi connectivity index (χ3n) is 2.13. The minimum absolute atomic E-state index is 0.212. The van der Waals surface area contributed by atoms with Crippen LogP contribution in [0.5, 0.6) is 0 Å². The second-order valence-electron chi connectivity index (χ2n) is 3.53. The molecule has 0 spiro atoms. The Labute approximate surface area is 109 Å². The van der Waals surface area contributed by atoms with Crippen LogP contribution >= 0.6 is 11.6 Å². The standard InChI is InChI=1S/C11H13ClN2O4/c12-8-3-1-2-7(4-8)5-13-11(18)14-9(6-15)10(16)17/h1-4,9,15H,5-6H2,(H,16,17)(H2,13,14,18)/t9-/m1/s1. The predicted octanol–water partition coefficient (Wildman–Crippen LogP) is 0.585. The lowest BCUT2D eigenvalue weighted by molar-refractivity contribution is -0.140. The Hall–Kier alpha value is -1.79. The van der Waals surface area contributed by atoms with E-state index in [0.717, 1.165) is 5.56 Å². The maximum atomic E-state index is 11.3. The second-order valence-corrected chi connectivity index (χ2v) is 3.97. The van der Waals surface area contributed by atoms with Gasteiger partial charge in [-0.15, -0.1) is 0 Å². The van der Waals surface area contributed by atoms with E-state index < -0.39 is 24.6 Å². The summed E-state index contributed by atoms with van der Waals surface area (Å²) >= 11 is 5.77. The number of hydrogen-bond acceptors (Lipinski definition) is 3. The van der Waals surface area contributed by atoms with Crippen molar-refractivity contribution < 1.29 is 19.8 Å². The molecule has 1 aromatic carbocycles. The summed E-state index contributed by atoms with van der Waals surface area (Å²) in [5.41, 5.74) is 0.786. The van der Waals surface area contributed by atoms with Crippen molar-refractivity contribution in [1.29, 1.82) is 0 Å². The zero-order valence-corrected chi connectivity index (χ0v) is 10.1. The largest absolute Gasteiger partial charge is 0.480 e. The maximum Gasteiger partial charge on any atom is 0.328 e. The number of carbonyl (C=O) groups excluding carboxylic acids is 1. The van der Waals surface area contributed by atoms with Crippen LogP contribution in [-0.2, 0) is 11.3 Å². The summed E-state index contributed by atoms with van der Waals surface area (Å²) in [6.45, 7) is -0.454. The molecule has 0 aliphatic carbocycles. The first-order chi connectivity index (χ1) is 8.52. The van der Waals surface area contributed by atoms with Gasteiger partial charge in [-0.05, 0) is 17.7 Å². The molecule has 0 aliphatic heterocycles. The molecule has 1 atom stereocenters. The molecule has 0 heterocycles. The minimum Gasteiger partial charge on any atom is -0.480 e. The Morgan fingerprint density at radius 2 is 2.11 bits per heavy atom. The summed E-state index contributed by atoms with van der Waals surface area (Å²) in [6.07, 6.45) is 0.